The van der Waals surface area contributed by atoms with Crippen molar-refractivity contribution in [1.82, 2.24) is 10.6 Å². The quantitative estimate of drug-likeness (QED) is 0.752. The number of hydrogen-bond donors (Lipinski definition) is 2. The second-order valence-electron chi connectivity index (χ2n) is 5.81. The zero-order valence-electron chi connectivity index (χ0n) is 11.7. The van der Waals surface area contributed by atoms with E-state index in [2.05, 4.69) is 17.6 Å². The third-order valence-corrected chi connectivity index (χ3v) is 4.43. The summed E-state index contributed by atoms with van der Waals surface area (Å²) in [6, 6.07) is 0.411. The molecule has 2 fully saturated rings. The zero-order chi connectivity index (χ0) is 13.0. The molecule has 2 N–H and O–H groups in total. The van der Waals surface area contributed by atoms with E-state index >= 15 is 0 Å². The highest BCUT2D eigenvalue weighted by atomic mass is 16.1. The molecular weight excluding hydrogens is 224 g/mol. The van der Waals surface area contributed by atoms with Crippen LogP contribution in [-0.4, -0.2) is 25.0 Å². The molecule has 1 saturated heterocycles. The molecule has 0 aromatic rings. The van der Waals surface area contributed by atoms with Gasteiger partial charge in [0.05, 0.1) is 0 Å². The van der Waals surface area contributed by atoms with Crippen LogP contribution in [0, 0.1) is 5.92 Å². The maximum absolute atomic E-state index is 12.1. The maximum atomic E-state index is 12.1. The van der Waals surface area contributed by atoms with Gasteiger partial charge < -0.3 is 10.6 Å². The standard InChI is InChI=1S/C15H26N2O/c1-3-4-12-5-7-14(8-6-12)17-15(18)11(2)13-9-16-10-13/h12,14,16H,3-10H2,1-2H3,(H,17,18). The van der Waals surface area contributed by atoms with Crippen molar-refractivity contribution in [1.29, 1.82) is 0 Å². The SMILES string of the molecule is CCCC1CCC(NC(=O)C(C)=C2CNC2)CC1. The van der Waals surface area contributed by atoms with Gasteiger partial charge in [-0.25, -0.2) is 0 Å². The van der Waals surface area contributed by atoms with Crippen molar-refractivity contribution < 1.29 is 4.79 Å². The summed E-state index contributed by atoms with van der Waals surface area (Å²) in [4.78, 5) is 12.1. The van der Waals surface area contributed by atoms with Crippen LogP contribution in [0.2, 0.25) is 0 Å². The van der Waals surface area contributed by atoms with Crippen LogP contribution < -0.4 is 10.6 Å². The molecule has 0 aromatic heterocycles. The highest BCUT2D eigenvalue weighted by Crippen LogP contribution is 2.27. The second kappa shape index (κ2) is 6.37. The van der Waals surface area contributed by atoms with Crippen molar-refractivity contribution in [3.05, 3.63) is 11.1 Å². The van der Waals surface area contributed by atoms with Crippen LogP contribution in [0.5, 0.6) is 0 Å². The first-order valence-electron chi connectivity index (χ1n) is 7.41. The molecule has 0 spiro atoms. The summed E-state index contributed by atoms with van der Waals surface area (Å²) in [6.45, 7) is 6.00. The Kier molecular flexibility index (Phi) is 4.81. The predicted molar refractivity (Wildman–Crippen MR) is 74.4 cm³/mol. The average molecular weight is 250 g/mol. The lowest BCUT2D eigenvalue weighted by molar-refractivity contribution is -0.118. The molecule has 0 unspecified atom stereocenters. The van der Waals surface area contributed by atoms with E-state index in [1.165, 1.54) is 31.3 Å². The van der Waals surface area contributed by atoms with Gasteiger partial charge in [-0.3, -0.25) is 4.79 Å². The van der Waals surface area contributed by atoms with E-state index in [-0.39, 0.29) is 5.91 Å². The highest BCUT2D eigenvalue weighted by molar-refractivity contribution is 5.94. The van der Waals surface area contributed by atoms with Crippen molar-refractivity contribution in [3.8, 4) is 0 Å². The van der Waals surface area contributed by atoms with E-state index in [1.54, 1.807) is 0 Å². The van der Waals surface area contributed by atoms with Crippen LogP contribution in [0.4, 0.5) is 0 Å². The fourth-order valence-electron chi connectivity index (χ4n) is 2.97. The smallest absolute Gasteiger partial charge is 0.247 e. The van der Waals surface area contributed by atoms with Crippen molar-refractivity contribution in [2.45, 2.75) is 58.4 Å². The van der Waals surface area contributed by atoms with Gasteiger partial charge in [0.2, 0.25) is 5.91 Å². The van der Waals surface area contributed by atoms with Crippen molar-refractivity contribution in [2.75, 3.05) is 13.1 Å². The molecule has 1 aliphatic heterocycles. The molecule has 0 aromatic carbocycles. The lowest BCUT2D eigenvalue weighted by Crippen LogP contribution is -2.41. The summed E-state index contributed by atoms with van der Waals surface area (Å²) < 4.78 is 0. The minimum atomic E-state index is 0.158. The van der Waals surface area contributed by atoms with Gasteiger partial charge in [-0.05, 0) is 44.1 Å². The molecule has 1 aliphatic carbocycles. The molecule has 0 radical (unpaired) electrons. The van der Waals surface area contributed by atoms with Crippen molar-refractivity contribution in [2.24, 2.45) is 5.92 Å². The number of hydrogen-bond acceptors (Lipinski definition) is 2. The largest absolute Gasteiger partial charge is 0.350 e. The average Bonchev–Trinajstić information content (AvgIpc) is 2.29. The third kappa shape index (κ3) is 3.35. The van der Waals surface area contributed by atoms with Gasteiger partial charge in [-0.1, -0.05) is 19.8 Å². The van der Waals surface area contributed by atoms with Gasteiger partial charge in [-0.2, -0.15) is 0 Å². The lowest BCUT2D eigenvalue weighted by Gasteiger charge is -2.29. The van der Waals surface area contributed by atoms with Gasteiger partial charge in [0.15, 0.2) is 0 Å². The summed E-state index contributed by atoms with van der Waals surface area (Å²) in [5.74, 6) is 1.06. The Morgan fingerprint density at radius 1 is 1.28 bits per heavy atom. The third-order valence-electron chi connectivity index (χ3n) is 4.43. The molecule has 0 atom stereocenters. The first kappa shape index (κ1) is 13.6. The minimum Gasteiger partial charge on any atom is -0.350 e. The molecule has 1 saturated carbocycles. The summed E-state index contributed by atoms with van der Waals surface area (Å²) in [7, 11) is 0. The molecule has 1 amide bonds. The van der Waals surface area contributed by atoms with Crippen LogP contribution in [0.3, 0.4) is 0 Å². The van der Waals surface area contributed by atoms with E-state index in [4.69, 9.17) is 0 Å². The predicted octanol–water partition coefficient (Wildman–Crippen LogP) is 2.38. The Balaban J connectivity index is 1.76. The van der Waals surface area contributed by atoms with Gasteiger partial charge >= 0.3 is 0 Å². The van der Waals surface area contributed by atoms with Gasteiger partial charge in [-0.15, -0.1) is 0 Å². The lowest BCUT2D eigenvalue weighted by atomic mass is 9.83. The van der Waals surface area contributed by atoms with Crippen LogP contribution in [0.1, 0.15) is 52.4 Å². The fourth-order valence-corrected chi connectivity index (χ4v) is 2.97. The van der Waals surface area contributed by atoms with E-state index in [0.717, 1.165) is 37.4 Å². The van der Waals surface area contributed by atoms with Crippen LogP contribution in [-0.2, 0) is 4.79 Å². The first-order valence-corrected chi connectivity index (χ1v) is 7.41. The highest BCUT2D eigenvalue weighted by Gasteiger charge is 2.23. The van der Waals surface area contributed by atoms with Gasteiger partial charge in [0, 0.05) is 24.7 Å². The first-order chi connectivity index (χ1) is 8.70. The number of nitrogens with one attached hydrogen (secondary N) is 2. The number of carbonyl (C=O) groups excluding carboxylic acids is 1. The Hall–Kier alpha value is -0.830. The van der Waals surface area contributed by atoms with E-state index in [9.17, 15) is 4.79 Å². The normalized spacial score (nSPS) is 27.6. The van der Waals surface area contributed by atoms with Crippen molar-refractivity contribution in [3.63, 3.8) is 0 Å². The number of amides is 1. The van der Waals surface area contributed by atoms with E-state index in [0.29, 0.717) is 6.04 Å². The number of rotatable bonds is 4. The van der Waals surface area contributed by atoms with Gasteiger partial charge in [0.1, 0.15) is 0 Å². The molecule has 2 aliphatic rings. The molecule has 102 valence electrons. The van der Waals surface area contributed by atoms with Crippen LogP contribution in [0.25, 0.3) is 0 Å². The Morgan fingerprint density at radius 3 is 2.44 bits per heavy atom. The second-order valence-corrected chi connectivity index (χ2v) is 5.81. The molecule has 18 heavy (non-hydrogen) atoms. The molecule has 2 rings (SSSR count). The van der Waals surface area contributed by atoms with Crippen LogP contribution in [0.15, 0.2) is 11.1 Å². The fraction of sp³-hybridized carbons (Fsp3) is 0.800. The summed E-state index contributed by atoms with van der Waals surface area (Å²) in [5, 5.41) is 6.39. The molecule has 3 heteroatoms. The number of carbonyl (C=O) groups is 1. The summed E-state index contributed by atoms with van der Waals surface area (Å²) >= 11 is 0. The van der Waals surface area contributed by atoms with Gasteiger partial charge in [0.25, 0.3) is 0 Å². The summed E-state index contributed by atoms with van der Waals surface area (Å²) in [5.41, 5.74) is 2.21. The zero-order valence-corrected chi connectivity index (χ0v) is 11.7. The van der Waals surface area contributed by atoms with E-state index < -0.39 is 0 Å². The monoisotopic (exact) mass is 250 g/mol. The molecule has 1 heterocycles. The Morgan fingerprint density at radius 2 is 1.94 bits per heavy atom. The molecular formula is C15H26N2O. The topological polar surface area (TPSA) is 41.1 Å². The van der Waals surface area contributed by atoms with E-state index in [1.807, 2.05) is 6.92 Å². The van der Waals surface area contributed by atoms with Crippen molar-refractivity contribution >= 4 is 5.91 Å². The van der Waals surface area contributed by atoms with Crippen LogP contribution >= 0.6 is 0 Å². The Labute approximate surface area is 110 Å². The molecule has 3 nitrogen and oxygen atoms in total. The molecule has 0 bridgehead atoms. The Bertz CT molecular complexity index is 321. The minimum absolute atomic E-state index is 0.158. The summed E-state index contributed by atoms with van der Waals surface area (Å²) in [6.07, 6.45) is 7.55. The maximum Gasteiger partial charge on any atom is 0.247 e.